The Balaban J connectivity index is 1.47. The van der Waals surface area contributed by atoms with Gasteiger partial charge in [0.1, 0.15) is 16.4 Å². The van der Waals surface area contributed by atoms with Crippen molar-refractivity contribution < 1.29 is 4.79 Å². The Morgan fingerprint density at radius 3 is 2.65 bits per heavy atom. The highest BCUT2D eigenvalue weighted by Gasteiger charge is 2.25. The smallest absolute Gasteiger partial charge is 0.266 e. The van der Waals surface area contributed by atoms with E-state index in [1.54, 1.807) is 31.5 Å². The second-order valence-electron chi connectivity index (χ2n) is 9.17. The Bertz CT molecular complexity index is 1960. The van der Waals surface area contributed by atoms with Crippen molar-refractivity contribution >= 4 is 51.8 Å². The monoisotopic (exact) mass is 548 g/mol. The minimum absolute atomic E-state index is 0.0649. The van der Waals surface area contributed by atoms with Gasteiger partial charge in [0.15, 0.2) is 11.5 Å². The van der Waals surface area contributed by atoms with Crippen LogP contribution >= 0.6 is 11.3 Å². The second kappa shape index (κ2) is 10.2. The van der Waals surface area contributed by atoms with E-state index in [2.05, 4.69) is 20.4 Å². The van der Waals surface area contributed by atoms with Crippen molar-refractivity contribution in [2.45, 2.75) is 19.9 Å². The minimum Gasteiger partial charge on any atom is -0.381 e. The van der Waals surface area contributed by atoms with Crippen LogP contribution in [0.4, 0.5) is 5.82 Å². The van der Waals surface area contributed by atoms with Gasteiger partial charge in [0, 0.05) is 23.5 Å². The number of nitrogens with one attached hydrogen (secondary N) is 1. The number of nitrogens with zero attached hydrogens (tertiary/aromatic N) is 6. The molecule has 4 aromatic heterocycles. The molecule has 1 atom stereocenters. The first-order valence-corrected chi connectivity index (χ1v) is 13.4. The van der Waals surface area contributed by atoms with Crippen molar-refractivity contribution in [2.24, 2.45) is 0 Å². The number of nitrogens with two attached hydrogens (primary N) is 1. The number of para-hydroxylation sites is 1. The van der Waals surface area contributed by atoms with Crippen molar-refractivity contribution in [1.29, 1.82) is 0 Å². The molecule has 0 radical (unpaired) electrons. The number of benzene rings is 2. The van der Waals surface area contributed by atoms with Gasteiger partial charge in [0.25, 0.3) is 11.5 Å². The number of hydrogen-bond donors (Lipinski definition) is 2. The Kier molecular flexibility index (Phi) is 6.40. The number of carbonyl (C=O) groups excluding carboxylic acids is 1. The van der Waals surface area contributed by atoms with E-state index < -0.39 is 11.9 Å². The molecule has 0 aliphatic heterocycles. The number of hydrogen-bond acceptors (Lipinski definition) is 8. The summed E-state index contributed by atoms with van der Waals surface area (Å²) in [6.07, 6.45) is 7.08. The molecule has 0 saturated carbocycles. The molecule has 0 fully saturated rings. The van der Waals surface area contributed by atoms with Crippen molar-refractivity contribution in [1.82, 2.24) is 34.4 Å². The summed E-state index contributed by atoms with van der Waals surface area (Å²) in [5.74, 6) is -0.0282. The molecule has 0 bridgehead atoms. The topological polar surface area (TPSA) is 133 Å². The summed E-state index contributed by atoms with van der Waals surface area (Å²) in [7, 11) is 0. The van der Waals surface area contributed by atoms with E-state index in [4.69, 9.17) is 10.7 Å². The molecule has 11 heteroatoms. The summed E-state index contributed by atoms with van der Waals surface area (Å²) >= 11 is 1.51. The van der Waals surface area contributed by atoms with E-state index in [-0.39, 0.29) is 16.9 Å². The van der Waals surface area contributed by atoms with Crippen LogP contribution < -0.4 is 16.6 Å². The highest BCUT2D eigenvalue weighted by atomic mass is 32.1. The number of nitrogen functional groups attached to an aromatic ring is 1. The maximum atomic E-state index is 14.1. The molecule has 10 nitrogen and oxygen atoms in total. The third-order valence-electron chi connectivity index (χ3n) is 6.52. The lowest BCUT2D eigenvalue weighted by Crippen LogP contribution is -2.33. The highest BCUT2D eigenvalue weighted by Crippen LogP contribution is 2.23. The predicted octanol–water partition coefficient (Wildman–Crippen LogP) is 4.44. The molecule has 1 unspecified atom stereocenters. The zero-order chi connectivity index (χ0) is 27.8. The molecule has 0 aliphatic rings. The molecule has 0 spiro atoms. The standard InChI is InChI=1S/C29H24N8O2S/c1-17-13-14-32-27-24(25(30)35-37(17)27)28(38)33-18(2)26-34-21-10-6-7-19(11-12-22-31-15-16-40-22)23(21)29(39)36(26)20-8-4-3-5-9-20/h3-16,18H,1-2H3,(H2,30,35)(H,33,38). The van der Waals surface area contributed by atoms with Gasteiger partial charge in [-0.3, -0.25) is 14.2 Å². The molecule has 0 saturated heterocycles. The summed E-state index contributed by atoms with van der Waals surface area (Å²) in [5, 5.41) is 10.4. The van der Waals surface area contributed by atoms with Gasteiger partial charge in [0.2, 0.25) is 0 Å². The van der Waals surface area contributed by atoms with Gasteiger partial charge in [0.05, 0.1) is 22.6 Å². The second-order valence-corrected chi connectivity index (χ2v) is 10.1. The third kappa shape index (κ3) is 4.41. The van der Waals surface area contributed by atoms with Gasteiger partial charge in [-0.1, -0.05) is 36.4 Å². The number of thiazole rings is 1. The molecule has 6 aromatic rings. The van der Waals surface area contributed by atoms with Crippen molar-refractivity contribution in [3.8, 4) is 5.69 Å². The summed E-state index contributed by atoms with van der Waals surface area (Å²) in [4.78, 5) is 41.1. The fourth-order valence-corrected chi connectivity index (χ4v) is 5.16. The maximum absolute atomic E-state index is 14.1. The molecule has 3 N–H and O–H groups in total. The first-order chi connectivity index (χ1) is 19.4. The Morgan fingerprint density at radius 1 is 1.05 bits per heavy atom. The van der Waals surface area contributed by atoms with Gasteiger partial charge >= 0.3 is 0 Å². The average molecular weight is 549 g/mol. The van der Waals surface area contributed by atoms with Gasteiger partial charge in [-0.15, -0.1) is 16.4 Å². The van der Waals surface area contributed by atoms with Crippen molar-refractivity contribution in [2.75, 3.05) is 5.73 Å². The molecule has 6 rings (SSSR count). The zero-order valence-corrected chi connectivity index (χ0v) is 22.5. The van der Waals surface area contributed by atoms with Crippen LogP contribution in [0.3, 0.4) is 0 Å². The first-order valence-electron chi connectivity index (χ1n) is 12.5. The lowest BCUT2D eigenvalue weighted by Gasteiger charge is -2.20. The molecular weight excluding hydrogens is 524 g/mol. The molecule has 4 heterocycles. The lowest BCUT2D eigenvalue weighted by atomic mass is 10.1. The van der Waals surface area contributed by atoms with E-state index >= 15 is 0 Å². The fourth-order valence-electron chi connectivity index (χ4n) is 4.63. The van der Waals surface area contributed by atoms with E-state index in [1.807, 2.05) is 66.9 Å². The summed E-state index contributed by atoms with van der Waals surface area (Å²) < 4.78 is 3.07. The van der Waals surface area contributed by atoms with Crippen LogP contribution in [0.15, 0.2) is 77.2 Å². The lowest BCUT2D eigenvalue weighted by molar-refractivity contribution is 0.0940. The number of anilines is 1. The Labute approximate surface area is 232 Å². The normalized spacial score (nSPS) is 12.3. The van der Waals surface area contributed by atoms with Crippen LogP contribution in [-0.2, 0) is 0 Å². The maximum Gasteiger partial charge on any atom is 0.266 e. The van der Waals surface area contributed by atoms with Crippen LogP contribution in [0.5, 0.6) is 0 Å². The van der Waals surface area contributed by atoms with Crippen LogP contribution in [0.2, 0.25) is 0 Å². The summed E-state index contributed by atoms with van der Waals surface area (Å²) in [5.41, 5.74) is 9.05. The van der Waals surface area contributed by atoms with E-state index in [0.717, 1.165) is 16.3 Å². The van der Waals surface area contributed by atoms with E-state index in [1.165, 1.54) is 20.4 Å². The van der Waals surface area contributed by atoms with Gasteiger partial charge in [-0.25, -0.2) is 19.5 Å². The molecule has 0 aliphatic carbocycles. The fraction of sp³-hybridized carbons (Fsp3) is 0.103. The van der Waals surface area contributed by atoms with Crippen molar-refractivity contribution in [3.63, 3.8) is 0 Å². The number of amides is 1. The predicted molar refractivity (Wildman–Crippen MR) is 156 cm³/mol. The van der Waals surface area contributed by atoms with Gasteiger partial charge in [-0.2, -0.15) is 0 Å². The number of rotatable bonds is 6. The average Bonchev–Trinajstić information content (AvgIpc) is 3.60. The largest absolute Gasteiger partial charge is 0.381 e. The van der Waals surface area contributed by atoms with Gasteiger partial charge in [-0.05, 0) is 49.8 Å². The van der Waals surface area contributed by atoms with Crippen molar-refractivity contribution in [3.05, 3.63) is 110 Å². The van der Waals surface area contributed by atoms with E-state index in [0.29, 0.717) is 28.1 Å². The molecule has 2 aromatic carbocycles. The summed E-state index contributed by atoms with van der Waals surface area (Å²) in [6, 6.07) is 15.9. The third-order valence-corrected chi connectivity index (χ3v) is 7.26. The number of aryl methyl sites for hydroxylation is 1. The van der Waals surface area contributed by atoms with Crippen LogP contribution in [0.25, 0.3) is 34.4 Å². The summed E-state index contributed by atoms with van der Waals surface area (Å²) in [6.45, 7) is 3.63. The highest BCUT2D eigenvalue weighted by molar-refractivity contribution is 7.10. The molecule has 1 amide bonds. The quantitative estimate of drug-likeness (QED) is 0.314. The Morgan fingerprint density at radius 2 is 1.88 bits per heavy atom. The zero-order valence-electron chi connectivity index (χ0n) is 21.6. The SMILES string of the molecule is Cc1ccnc2c(C(=O)NC(C)c3nc4cccc(C=Cc5nccs5)c4c(=O)n3-c3ccccc3)c(N)nn12. The van der Waals surface area contributed by atoms with E-state index in [9.17, 15) is 9.59 Å². The van der Waals surface area contributed by atoms with Crippen LogP contribution in [0.1, 0.15) is 45.4 Å². The molecular formula is C29H24N8O2S. The van der Waals surface area contributed by atoms with Crippen LogP contribution in [-0.4, -0.2) is 35.0 Å². The Hall–Kier alpha value is -5.16. The first kappa shape index (κ1) is 25.1. The number of fused-ring (bicyclic) bond motifs is 2. The van der Waals surface area contributed by atoms with Gasteiger partial charge < -0.3 is 11.1 Å². The van der Waals surface area contributed by atoms with Crippen LogP contribution in [0, 0.1) is 6.92 Å². The number of aromatic nitrogens is 6. The number of carbonyl (C=O) groups is 1. The molecule has 40 heavy (non-hydrogen) atoms. The molecule has 198 valence electrons. The minimum atomic E-state index is -0.668.